The first-order valence-corrected chi connectivity index (χ1v) is 10.6. The Morgan fingerprint density at radius 2 is 1.69 bits per heavy atom. The molecule has 1 fully saturated rings. The highest BCUT2D eigenvalue weighted by Gasteiger charge is 2.26. The first-order chi connectivity index (χ1) is 14.3. The van der Waals surface area contributed by atoms with Crippen LogP contribution in [0, 0.1) is 0 Å². The zero-order valence-corrected chi connectivity index (χ0v) is 16.8. The quantitative estimate of drug-likeness (QED) is 0.505. The van der Waals surface area contributed by atoms with Crippen molar-refractivity contribution < 1.29 is 9.21 Å². The Bertz CT molecular complexity index is 1130. The molecule has 146 valence electrons. The number of benzene rings is 2. The van der Waals surface area contributed by atoms with Crippen LogP contribution in [0.4, 0.5) is 5.82 Å². The number of hydrogen-bond donors (Lipinski definition) is 0. The zero-order chi connectivity index (χ0) is 19.6. The number of fused-ring (bicyclic) bond motifs is 1. The molecule has 5 nitrogen and oxygen atoms in total. The lowest BCUT2D eigenvalue weighted by Crippen LogP contribution is -2.48. The summed E-state index contributed by atoms with van der Waals surface area (Å²) in [6, 6.07) is 22.1. The van der Waals surface area contributed by atoms with Gasteiger partial charge in [-0.15, -0.1) is 0 Å². The van der Waals surface area contributed by atoms with E-state index in [-0.39, 0.29) is 5.91 Å². The molecular formula is C23H21N3O2S. The van der Waals surface area contributed by atoms with E-state index in [2.05, 4.69) is 33.5 Å². The molecule has 0 unspecified atom stereocenters. The summed E-state index contributed by atoms with van der Waals surface area (Å²) in [5.74, 6) is 2.23. The fourth-order valence-electron chi connectivity index (χ4n) is 3.76. The number of amides is 1. The lowest BCUT2D eigenvalue weighted by atomic mass is 10.1. The van der Waals surface area contributed by atoms with Crippen molar-refractivity contribution in [3.8, 4) is 0 Å². The predicted molar refractivity (Wildman–Crippen MR) is 116 cm³/mol. The molecule has 1 aliphatic rings. The van der Waals surface area contributed by atoms with Crippen LogP contribution in [0.5, 0.6) is 0 Å². The highest BCUT2D eigenvalue weighted by Crippen LogP contribution is 2.30. The van der Waals surface area contributed by atoms with Crippen LogP contribution in [-0.2, 0) is 6.42 Å². The largest absolute Gasteiger partial charge is 0.456 e. The molecule has 0 N–H and O–H groups in total. The van der Waals surface area contributed by atoms with E-state index in [0.29, 0.717) is 25.3 Å². The van der Waals surface area contributed by atoms with E-state index in [1.54, 1.807) is 6.07 Å². The molecule has 1 aliphatic heterocycles. The number of piperazine rings is 1. The Balaban J connectivity index is 1.23. The maximum Gasteiger partial charge on any atom is 0.289 e. The van der Waals surface area contributed by atoms with Crippen molar-refractivity contribution in [1.82, 2.24) is 9.27 Å². The van der Waals surface area contributed by atoms with E-state index in [1.807, 2.05) is 41.3 Å². The molecule has 2 aromatic heterocycles. The van der Waals surface area contributed by atoms with Gasteiger partial charge in [0.1, 0.15) is 11.6 Å². The molecule has 29 heavy (non-hydrogen) atoms. The van der Waals surface area contributed by atoms with Crippen molar-refractivity contribution in [3.05, 3.63) is 83.8 Å². The molecule has 4 aromatic rings. The first-order valence-electron chi connectivity index (χ1n) is 9.79. The van der Waals surface area contributed by atoms with Gasteiger partial charge < -0.3 is 14.2 Å². The Labute approximate surface area is 173 Å². The molecule has 1 amide bonds. The third-order valence-corrected chi connectivity index (χ3v) is 6.14. The van der Waals surface area contributed by atoms with Gasteiger partial charge >= 0.3 is 0 Å². The average molecular weight is 404 g/mol. The molecule has 0 spiro atoms. The summed E-state index contributed by atoms with van der Waals surface area (Å²) in [5, 5.41) is 1.19. The summed E-state index contributed by atoms with van der Waals surface area (Å²) in [4.78, 5) is 17.0. The molecule has 1 saturated heterocycles. The van der Waals surface area contributed by atoms with Gasteiger partial charge in [-0.1, -0.05) is 42.5 Å². The molecule has 0 aliphatic carbocycles. The van der Waals surface area contributed by atoms with Gasteiger partial charge in [0.2, 0.25) is 0 Å². The monoisotopic (exact) mass is 403 g/mol. The second kappa shape index (κ2) is 7.72. The third kappa shape index (κ3) is 3.63. The maximum absolute atomic E-state index is 12.9. The van der Waals surface area contributed by atoms with Crippen LogP contribution in [0.1, 0.15) is 21.9 Å². The summed E-state index contributed by atoms with van der Waals surface area (Å²) in [6.07, 6.45) is 0.693. The van der Waals surface area contributed by atoms with Crippen molar-refractivity contribution in [2.45, 2.75) is 6.42 Å². The van der Waals surface area contributed by atoms with Crippen molar-refractivity contribution in [2.24, 2.45) is 0 Å². The molecule has 0 radical (unpaired) electrons. The summed E-state index contributed by atoms with van der Waals surface area (Å²) in [6.45, 7) is 2.88. The van der Waals surface area contributed by atoms with Crippen LogP contribution < -0.4 is 4.90 Å². The van der Waals surface area contributed by atoms with E-state index in [1.165, 1.54) is 27.2 Å². The highest BCUT2D eigenvalue weighted by atomic mass is 32.1. The van der Waals surface area contributed by atoms with Gasteiger partial charge in [-0.05, 0) is 41.4 Å². The van der Waals surface area contributed by atoms with Crippen LogP contribution >= 0.6 is 11.5 Å². The standard InChI is InChI=1S/C23H21N3O2S/c27-23(20-11-10-18(28-20)16-17-6-2-1-3-7-17)26-14-12-25(13-15-26)22-19-8-4-5-9-21(19)29-24-22/h1-11H,12-16H2. The Kier molecular flexibility index (Phi) is 4.77. The fraction of sp³-hybridized carbons (Fsp3) is 0.217. The number of aromatic nitrogens is 1. The van der Waals surface area contributed by atoms with E-state index < -0.39 is 0 Å². The first kappa shape index (κ1) is 17.9. The minimum Gasteiger partial charge on any atom is -0.456 e. The van der Waals surface area contributed by atoms with Gasteiger partial charge in [0.05, 0.1) is 4.70 Å². The average Bonchev–Trinajstić information content (AvgIpc) is 3.41. The summed E-state index contributed by atoms with van der Waals surface area (Å²) < 4.78 is 11.7. The number of carbonyl (C=O) groups is 1. The van der Waals surface area contributed by atoms with Crippen LogP contribution in [0.2, 0.25) is 0 Å². The van der Waals surface area contributed by atoms with Crippen LogP contribution in [0.25, 0.3) is 10.1 Å². The summed E-state index contributed by atoms with van der Waals surface area (Å²) in [5.41, 5.74) is 1.17. The zero-order valence-electron chi connectivity index (χ0n) is 16.0. The SMILES string of the molecule is O=C(c1ccc(Cc2ccccc2)o1)N1CCN(c2nsc3ccccc23)CC1. The normalized spacial score (nSPS) is 14.5. The number of rotatable bonds is 4. The van der Waals surface area contributed by atoms with E-state index in [9.17, 15) is 4.79 Å². The Morgan fingerprint density at radius 3 is 2.52 bits per heavy atom. The molecule has 2 aromatic carbocycles. The number of hydrogen-bond acceptors (Lipinski definition) is 5. The highest BCUT2D eigenvalue weighted by molar-refractivity contribution is 7.13. The second-order valence-electron chi connectivity index (χ2n) is 7.21. The minimum atomic E-state index is -0.0351. The molecule has 0 atom stereocenters. The van der Waals surface area contributed by atoms with Crippen molar-refractivity contribution >= 4 is 33.3 Å². The molecule has 5 rings (SSSR count). The van der Waals surface area contributed by atoms with Gasteiger partial charge in [0.15, 0.2) is 5.76 Å². The Hall–Kier alpha value is -3.12. The van der Waals surface area contributed by atoms with Gasteiger partial charge in [-0.3, -0.25) is 4.79 Å². The number of carbonyl (C=O) groups excluding carboxylic acids is 1. The fourth-order valence-corrected chi connectivity index (χ4v) is 4.56. The van der Waals surface area contributed by atoms with Gasteiger partial charge in [-0.2, -0.15) is 4.37 Å². The second-order valence-corrected chi connectivity index (χ2v) is 8.01. The maximum atomic E-state index is 12.9. The predicted octanol–water partition coefficient (Wildman–Crippen LogP) is 4.44. The third-order valence-electron chi connectivity index (χ3n) is 5.32. The number of furan rings is 1. The number of nitrogens with zero attached hydrogens (tertiary/aromatic N) is 3. The molecule has 3 heterocycles. The molecule has 0 bridgehead atoms. The molecule has 6 heteroatoms. The van der Waals surface area contributed by atoms with Crippen LogP contribution in [0.15, 0.2) is 71.1 Å². The minimum absolute atomic E-state index is 0.0351. The van der Waals surface area contributed by atoms with E-state index in [0.717, 1.165) is 24.7 Å². The van der Waals surface area contributed by atoms with Crippen LogP contribution in [0.3, 0.4) is 0 Å². The summed E-state index contributed by atoms with van der Waals surface area (Å²) >= 11 is 1.53. The van der Waals surface area contributed by atoms with E-state index >= 15 is 0 Å². The lowest BCUT2D eigenvalue weighted by Gasteiger charge is -2.34. The van der Waals surface area contributed by atoms with Crippen molar-refractivity contribution in [2.75, 3.05) is 31.1 Å². The van der Waals surface area contributed by atoms with Gasteiger partial charge in [-0.25, -0.2) is 0 Å². The van der Waals surface area contributed by atoms with Gasteiger partial charge in [0, 0.05) is 38.0 Å². The van der Waals surface area contributed by atoms with Crippen molar-refractivity contribution in [1.29, 1.82) is 0 Å². The van der Waals surface area contributed by atoms with E-state index in [4.69, 9.17) is 4.42 Å². The van der Waals surface area contributed by atoms with Gasteiger partial charge in [0.25, 0.3) is 5.91 Å². The molecular weight excluding hydrogens is 382 g/mol. The molecule has 0 saturated carbocycles. The smallest absolute Gasteiger partial charge is 0.289 e. The van der Waals surface area contributed by atoms with Crippen molar-refractivity contribution in [3.63, 3.8) is 0 Å². The topological polar surface area (TPSA) is 49.6 Å². The lowest BCUT2D eigenvalue weighted by molar-refractivity contribution is 0.0713. The number of anilines is 1. The van der Waals surface area contributed by atoms with Crippen LogP contribution in [-0.4, -0.2) is 41.4 Å². The Morgan fingerprint density at radius 1 is 0.931 bits per heavy atom. The summed E-state index contributed by atoms with van der Waals surface area (Å²) in [7, 11) is 0.